The van der Waals surface area contributed by atoms with E-state index in [2.05, 4.69) is 59.1 Å². The summed E-state index contributed by atoms with van der Waals surface area (Å²) in [7, 11) is 0. The molecule has 0 saturated heterocycles. The van der Waals surface area contributed by atoms with Crippen molar-refractivity contribution in [2.24, 2.45) is 52.3 Å². The van der Waals surface area contributed by atoms with Crippen LogP contribution in [0.1, 0.15) is 113 Å². The second-order valence-corrected chi connectivity index (χ2v) is 14.9. The van der Waals surface area contributed by atoms with Crippen LogP contribution in [0.15, 0.2) is 0 Å². The van der Waals surface area contributed by atoms with Crippen molar-refractivity contribution in [3.05, 3.63) is 0 Å². The van der Waals surface area contributed by atoms with Gasteiger partial charge in [0.05, 0.1) is 12.2 Å². The average Bonchev–Trinajstić information content (AvgIpc) is 3.17. The molecule has 4 N–H and O–H groups in total. The van der Waals surface area contributed by atoms with Crippen molar-refractivity contribution in [2.75, 3.05) is 13.1 Å². The van der Waals surface area contributed by atoms with Crippen LogP contribution in [-0.4, -0.2) is 47.6 Å². The molecule has 4 unspecified atom stereocenters. The van der Waals surface area contributed by atoms with E-state index in [0.717, 1.165) is 38.3 Å². The maximum Gasteiger partial charge on any atom is 0.0577 e. The van der Waals surface area contributed by atoms with Gasteiger partial charge in [0.2, 0.25) is 0 Å². The highest BCUT2D eigenvalue weighted by Crippen LogP contribution is 2.68. The fourth-order valence-corrected chi connectivity index (χ4v) is 9.99. The molecule has 210 valence electrons. The molecule has 0 spiro atoms. The lowest BCUT2D eigenvalue weighted by Gasteiger charge is -2.62. The van der Waals surface area contributed by atoms with Crippen LogP contribution in [-0.2, 0) is 0 Å². The fraction of sp³-hybridized carbons (Fsp3) is 1.00. The molecule has 4 saturated carbocycles. The Morgan fingerprint density at radius 2 is 1.53 bits per heavy atom. The molecule has 4 fully saturated rings. The first-order valence-corrected chi connectivity index (χ1v) is 15.8. The molecule has 4 aliphatic carbocycles. The normalized spacial score (nSPS) is 44.2. The van der Waals surface area contributed by atoms with E-state index in [4.69, 9.17) is 0 Å². The largest absolute Gasteiger partial charge is 0.393 e. The van der Waals surface area contributed by atoms with Crippen LogP contribution in [0.3, 0.4) is 0 Å². The predicted octanol–water partition coefficient (Wildman–Crippen LogP) is 6.01. The molecule has 0 aromatic rings. The van der Waals surface area contributed by atoms with Gasteiger partial charge < -0.3 is 20.8 Å². The van der Waals surface area contributed by atoms with Crippen LogP contribution < -0.4 is 10.6 Å². The summed E-state index contributed by atoms with van der Waals surface area (Å²) in [4.78, 5) is 0. The molecule has 4 rings (SSSR count). The summed E-state index contributed by atoms with van der Waals surface area (Å²) in [6, 6.07) is 1.17. The van der Waals surface area contributed by atoms with Crippen LogP contribution >= 0.6 is 0 Å². The van der Waals surface area contributed by atoms with Crippen molar-refractivity contribution in [2.45, 2.75) is 137 Å². The molecular weight excluding hydrogens is 444 g/mol. The standard InChI is InChI=1S/C32H60N2O2/c1-20(2)28(35)11-8-22(5)25-9-10-26-30-27(13-15-32(25,26)7)31(6)14-12-24(18-23(31)19-29(30)36)34-17-16-33-21(3)4/h20-30,33-36H,8-19H2,1-7H3/t22-,23-,24?,25-,26?,27?,28-,29-,30?,31+,32-/m1/s1. The van der Waals surface area contributed by atoms with Crippen molar-refractivity contribution in [3.63, 3.8) is 0 Å². The van der Waals surface area contributed by atoms with Crippen LogP contribution in [0.2, 0.25) is 0 Å². The molecule has 0 bridgehead atoms. The number of hydrogen-bond donors (Lipinski definition) is 4. The molecule has 0 aromatic heterocycles. The van der Waals surface area contributed by atoms with Gasteiger partial charge in [0.25, 0.3) is 0 Å². The van der Waals surface area contributed by atoms with Crippen molar-refractivity contribution in [1.82, 2.24) is 10.6 Å². The molecule has 0 aromatic carbocycles. The first kappa shape index (κ1) is 28.8. The molecular formula is C32H60N2O2. The third-order valence-corrected chi connectivity index (χ3v) is 12.2. The van der Waals surface area contributed by atoms with Gasteiger partial charge in [-0.05, 0) is 116 Å². The second kappa shape index (κ2) is 11.5. The molecule has 0 amide bonds. The van der Waals surface area contributed by atoms with Crippen LogP contribution in [0, 0.1) is 52.3 Å². The molecule has 4 nitrogen and oxygen atoms in total. The van der Waals surface area contributed by atoms with Gasteiger partial charge in [0.15, 0.2) is 0 Å². The first-order chi connectivity index (χ1) is 17.0. The summed E-state index contributed by atoms with van der Waals surface area (Å²) >= 11 is 0. The minimum atomic E-state index is -0.165. The Labute approximate surface area is 223 Å². The monoisotopic (exact) mass is 504 g/mol. The van der Waals surface area contributed by atoms with Crippen molar-refractivity contribution >= 4 is 0 Å². The Balaban J connectivity index is 1.39. The minimum Gasteiger partial charge on any atom is -0.393 e. The highest BCUT2D eigenvalue weighted by Gasteiger charge is 2.62. The SMILES string of the molecule is CC(C)NCCNC1CC[C@]2(C)C3CC[C@@]4(C)C(CC[C@@H]4[C@H](C)CC[C@@H](O)C(C)C)C3[C@H](O)C[C@H]2C1. The quantitative estimate of drug-likeness (QED) is 0.275. The van der Waals surface area contributed by atoms with Crippen LogP contribution in [0.25, 0.3) is 0 Å². The molecule has 11 atom stereocenters. The van der Waals surface area contributed by atoms with Crippen LogP contribution in [0.5, 0.6) is 0 Å². The van der Waals surface area contributed by atoms with E-state index in [1.54, 1.807) is 0 Å². The first-order valence-electron chi connectivity index (χ1n) is 15.8. The second-order valence-electron chi connectivity index (χ2n) is 14.9. The van der Waals surface area contributed by atoms with Crippen LogP contribution in [0.4, 0.5) is 0 Å². The van der Waals surface area contributed by atoms with Crippen molar-refractivity contribution in [3.8, 4) is 0 Å². The van der Waals surface area contributed by atoms with E-state index in [0.29, 0.717) is 58.4 Å². The van der Waals surface area contributed by atoms with Gasteiger partial charge >= 0.3 is 0 Å². The highest BCUT2D eigenvalue weighted by atomic mass is 16.3. The zero-order valence-electron chi connectivity index (χ0n) is 24.7. The average molecular weight is 505 g/mol. The van der Waals surface area contributed by atoms with Crippen molar-refractivity contribution < 1.29 is 10.2 Å². The number of aliphatic hydroxyl groups is 2. The maximum absolute atomic E-state index is 11.7. The van der Waals surface area contributed by atoms with E-state index in [1.807, 2.05) is 0 Å². The smallest absolute Gasteiger partial charge is 0.0577 e. The Kier molecular flexibility index (Phi) is 9.23. The summed E-state index contributed by atoms with van der Waals surface area (Å²) in [6.45, 7) is 18.4. The lowest BCUT2D eigenvalue weighted by atomic mass is 9.43. The van der Waals surface area contributed by atoms with Gasteiger partial charge in [-0.1, -0.05) is 48.5 Å². The summed E-state index contributed by atoms with van der Waals surface area (Å²) < 4.78 is 0. The molecule has 36 heavy (non-hydrogen) atoms. The zero-order chi connectivity index (χ0) is 26.3. The maximum atomic E-state index is 11.7. The molecule has 0 aliphatic heterocycles. The minimum absolute atomic E-state index is 0.115. The number of nitrogens with one attached hydrogen (secondary N) is 2. The van der Waals surface area contributed by atoms with E-state index in [1.165, 1.54) is 44.9 Å². The van der Waals surface area contributed by atoms with Gasteiger partial charge in [-0.25, -0.2) is 0 Å². The third kappa shape index (κ3) is 5.58. The summed E-state index contributed by atoms with van der Waals surface area (Å²) in [5, 5.41) is 29.5. The lowest BCUT2D eigenvalue weighted by Crippen LogP contribution is -2.59. The molecule has 0 heterocycles. The fourth-order valence-electron chi connectivity index (χ4n) is 9.99. The van der Waals surface area contributed by atoms with E-state index in [-0.39, 0.29) is 12.2 Å². The summed E-state index contributed by atoms with van der Waals surface area (Å²) in [5.41, 5.74) is 0.778. The van der Waals surface area contributed by atoms with E-state index < -0.39 is 0 Å². The zero-order valence-corrected chi connectivity index (χ0v) is 24.7. The summed E-state index contributed by atoms with van der Waals surface area (Å²) in [6.07, 6.45) is 12.0. The molecule has 4 heteroatoms. The Hall–Kier alpha value is -0.160. The number of hydrogen-bond acceptors (Lipinski definition) is 4. The lowest BCUT2D eigenvalue weighted by molar-refractivity contribution is -0.167. The van der Waals surface area contributed by atoms with Gasteiger partial charge in [-0.3, -0.25) is 0 Å². The number of fused-ring (bicyclic) bond motifs is 5. The molecule has 4 aliphatic rings. The van der Waals surface area contributed by atoms with Crippen molar-refractivity contribution in [1.29, 1.82) is 0 Å². The molecule has 0 radical (unpaired) electrons. The van der Waals surface area contributed by atoms with Gasteiger partial charge in [-0.2, -0.15) is 0 Å². The van der Waals surface area contributed by atoms with Gasteiger partial charge in [0.1, 0.15) is 0 Å². The number of aliphatic hydroxyl groups excluding tert-OH is 2. The van der Waals surface area contributed by atoms with E-state index in [9.17, 15) is 10.2 Å². The van der Waals surface area contributed by atoms with Gasteiger partial charge in [-0.15, -0.1) is 0 Å². The summed E-state index contributed by atoms with van der Waals surface area (Å²) in [5.74, 6) is 4.32. The Bertz CT molecular complexity index is 712. The predicted molar refractivity (Wildman–Crippen MR) is 151 cm³/mol. The van der Waals surface area contributed by atoms with E-state index >= 15 is 0 Å². The Morgan fingerprint density at radius 1 is 0.833 bits per heavy atom. The highest BCUT2D eigenvalue weighted by molar-refractivity contribution is 5.12. The number of rotatable bonds is 10. The Morgan fingerprint density at radius 3 is 2.22 bits per heavy atom. The van der Waals surface area contributed by atoms with Gasteiger partial charge in [0, 0.05) is 25.2 Å². The third-order valence-electron chi connectivity index (χ3n) is 12.2. The topological polar surface area (TPSA) is 64.5 Å².